The average molecular weight is 296 g/mol. The van der Waals surface area contributed by atoms with Gasteiger partial charge in [-0.25, -0.2) is 9.98 Å². The predicted octanol–water partition coefficient (Wildman–Crippen LogP) is 2.23. The van der Waals surface area contributed by atoms with E-state index >= 15 is 0 Å². The van der Waals surface area contributed by atoms with Gasteiger partial charge < -0.3 is 5.11 Å². The first-order valence-electron chi connectivity index (χ1n) is 5.63. The second-order valence-corrected chi connectivity index (χ2v) is 4.98. The topological polar surface area (TPSA) is 83.3 Å². The lowest BCUT2D eigenvalue weighted by Gasteiger charge is -2.09. The highest BCUT2D eigenvalue weighted by molar-refractivity contribution is 7.71. The van der Waals surface area contributed by atoms with Gasteiger partial charge in [0.25, 0.3) is 5.56 Å². The maximum atomic E-state index is 11.8. The number of hydrogen-bond donors (Lipinski definition) is 2. The Morgan fingerprint density at radius 3 is 3.11 bits per heavy atom. The first-order chi connectivity index (χ1) is 9.13. The molecule has 0 spiro atoms. The Hall–Kier alpha value is -1.80. The quantitative estimate of drug-likeness (QED) is 0.669. The number of nitrogens with zero attached hydrogens (tertiary/aromatic N) is 3. The van der Waals surface area contributed by atoms with Crippen molar-refractivity contribution in [2.45, 2.75) is 19.9 Å². The first-order valence-corrected chi connectivity index (χ1v) is 6.92. The summed E-state index contributed by atoms with van der Waals surface area (Å²) in [4.78, 5) is 22.3. The fourth-order valence-corrected chi connectivity index (χ4v) is 2.27. The summed E-state index contributed by atoms with van der Waals surface area (Å²) in [5.74, 6) is -0.170. The third-order valence-corrected chi connectivity index (χ3v) is 3.38. The number of aromatic amines is 1. The molecule has 8 heteroatoms. The molecule has 2 aromatic rings. The summed E-state index contributed by atoms with van der Waals surface area (Å²) in [6.07, 6.45) is 3.70. The van der Waals surface area contributed by atoms with Gasteiger partial charge in [-0.3, -0.25) is 14.3 Å². The van der Waals surface area contributed by atoms with Crippen molar-refractivity contribution in [2.24, 2.45) is 4.99 Å². The molecule has 0 saturated carbocycles. The highest BCUT2D eigenvalue weighted by atomic mass is 32.1. The van der Waals surface area contributed by atoms with Crippen LogP contribution in [0, 0.1) is 4.77 Å². The largest absolute Gasteiger partial charge is 0.494 e. The smallest absolute Gasteiger partial charge is 0.264 e. The number of aromatic hydroxyl groups is 1. The van der Waals surface area contributed by atoms with Crippen LogP contribution in [0.1, 0.15) is 18.9 Å². The van der Waals surface area contributed by atoms with Crippen LogP contribution in [0.3, 0.4) is 0 Å². The predicted molar refractivity (Wildman–Crippen MR) is 77.2 cm³/mol. The minimum atomic E-state index is -0.463. The van der Waals surface area contributed by atoms with E-state index in [0.717, 1.165) is 6.42 Å². The Labute approximate surface area is 118 Å². The zero-order chi connectivity index (χ0) is 13.8. The third-order valence-electron chi connectivity index (χ3n) is 2.38. The van der Waals surface area contributed by atoms with Gasteiger partial charge in [0.2, 0.25) is 11.0 Å². The normalized spacial score (nSPS) is 11.2. The summed E-state index contributed by atoms with van der Waals surface area (Å²) in [5.41, 5.74) is -0.382. The summed E-state index contributed by atoms with van der Waals surface area (Å²) in [7, 11) is 0. The molecule has 6 nitrogen and oxygen atoms in total. The van der Waals surface area contributed by atoms with E-state index in [2.05, 4.69) is 15.0 Å². The van der Waals surface area contributed by atoms with E-state index in [0.29, 0.717) is 11.7 Å². The molecule has 2 N–H and O–H groups in total. The number of aliphatic imine (C=N–C) groups is 1. The molecule has 0 aliphatic carbocycles. The lowest BCUT2D eigenvalue weighted by molar-refractivity contribution is 0.402. The van der Waals surface area contributed by atoms with Crippen molar-refractivity contribution in [3.8, 4) is 5.88 Å². The lowest BCUT2D eigenvalue weighted by atomic mass is 10.3. The van der Waals surface area contributed by atoms with Crippen molar-refractivity contribution in [1.82, 2.24) is 14.5 Å². The van der Waals surface area contributed by atoms with Crippen LogP contribution in [0.2, 0.25) is 0 Å². The molecule has 100 valence electrons. The molecule has 0 unspecified atom stereocenters. The van der Waals surface area contributed by atoms with Gasteiger partial charge >= 0.3 is 0 Å². The molecule has 0 amide bonds. The van der Waals surface area contributed by atoms with Gasteiger partial charge in [0, 0.05) is 24.3 Å². The first kappa shape index (κ1) is 13.6. The number of rotatable bonds is 4. The molecule has 0 aliphatic rings. The SMILES string of the molecule is CCCn1c(O)c(/C=N/c2nccs2)c(=O)[nH]c1=S. The van der Waals surface area contributed by atoms with Gasteiger partial charge in [0.1, 0.15) is 5.56 Å². The molecule has 19 heavy (non-hydrogen) atoms. The monoisotopic (exact) mass is 296 g/mol. The molecule has 2 aromatic heterocycles. The number of aromatic nitrogens is 3. The Morgan fingerprint density at radius 2 is 2.47 bits per heavy atom. The van der Waals surface area contributed by atoms with Gasteiger partial charge in [-0.1, -0.05) is 6.92 Å². The molecule has 0 radical (unpaired) electrons. The molecule has 0 atom stereocenters. The summed E-state index contributed by atoms with van der Waals surface area (Å²) in [5, 5.41) is 12.4. The summed E-state index contributed by atoms with van der Waals surface area (Å²) in [6.45, 7) is 2.48. The Morgan fingerprint density at radius 1 is 1.68 bits per heavy atom. The number of hydrogen-bond acceptors (Lipinski definition) is 6. The van der Waals surface area contributed by atoms with E-state index in [1.807, 2.05) is 6.92 Å². The minimum Gasteiger partial charge on any atom is -0.494 e. The van der Waals surface area contributed by atoms with Gasteiger partial charge in [0.15, 0.2) is 4.77 Å². The summed E-state index contributed by atoms with van der Waals surface area (Å²) >= 11 is 6.35. The zero-order valence-electron chi connectivity index (χ0n) is 10.2. The van der Waals surface area contributed by atoms with Crippen molar-refractivity contribution in [3.05, 3.63) is 32.3 Å². The van der Waals surface area contributed by atoms with Crippen LogP contribution in [-0.4, -0.2) is 25.9 Å². The van der Waals surface area contributed by atoms with Crippen molar-refractivity contribution < 1.29 is 5.11 Å². The van der Waals surface area contributed by atoms with Crippen LogP contribution in [0.25, 0.3) is 0 Å². The van der Waals surface area contributed by atoms with Crippen LogP contribution in [-0.2, 0) is 6.54 Å². The van der Waals surface area contributed by atoms with E-state index < -0.39 is 5.56 Å². The fraction of sp³-hybridized carbons (Fsp3) is 0.273. The average Bonchev–Trinajstić information content (AvgIpc) is 2.87. The van der Waals surface area contributed by atoms with E-state index in [1.165, 1.54) is 22.1 Å². The Kier molecular flexibility index (Phi) is 4.23. The third kappa shape index (κ3) is 2.96. The van der Waals surface area contributed by atoms with E-state index in [9.17, 15) is 9.90 Å². The lowest BCUT2D eigenvalue weighted by Crippen LogP contribution is -2.18. The van der Waals surface area contributed by atoms with Gasteiger partial charge in [-0.05, 0) is 18.6 Å². The maximum Gasteiger partial charge on any atom is 0.264 e. The van der Waals surface area contributed by atoms with E-state index in [4.69, 9.17) is 12.2 Å². The Balaban J connectivity index is 2.48. The molecule has 0 aliphatic heterocycles. The number of nitrogens with one attached hydrogen (secondary N) is 1. The highest BCUT2D eigenvalue weighted by Crippen LogP contribution is 2.16. The molecule has 0 aromatic carbocycles. The van der Waals surface area contributed by atoms with Crippen molar-refractivity contribution >= 4 is 34.9 Å². The van der Waals surface area contributed by atoms with Gasteiger partial charge in [0.05, 0.1) is 0 Å². The van der Waals surface area contributed by atoms with Crippen LogP contribution in [0.4, 0.5) is 5.13 Å². The van der Waals surface area contributed by atoms with E-state index in [1.54, 1.807) is 11.6 Å². The van der Waals surface area contributed by atoms with Crippen molar-refractivity contribution in [3.63, 3.8) is 0 Å². The van der Waals surface area contributed by atoms with Gasteiger partial charge in [-0.15, -0.1) is 11.3 Å². The standard InChI is InChI=1S/C11H12N4O2S2/c1-2-4-15-9(17)7(8(16)14-11(15)18)6-13-10-12-3-5-19-10/h3,5-6,17H,2,4H2,1H3,(H,14,16,18)/b13-6+. The molecule has 0 bridgehead atoms. The molecule has 2 heterocycles. The number of H-pyrrole nitrogens is 1. The molecule has 0 saturated heterocycles. The highest BCUT2D eigenvalue weighted by Gasteiger charge is 2.10. The molecule has 0 fully saturated rings. The van der Waals surface area contributed by atoms with Gasteiger partial charge in [-0.2, -0.15) is 0 Å². The summed E-state index contributed by atoms with van der Waals surface area (Å²) < 4.78 is 1.68. The van der Waals surface area contributed by atoms with Crippen LogP contribution < -0.4 is 5.56 Å². The minimum absolute atomic E-state index is 0.0808. The second kappa shape index (κ2) is 5.89. The van der Waals surface area contributed by atoms with Crippen LogP contribution in [0.15, 0.2) is 21.4 Å². The molecular weight excluding hydrogens is 284 g/mol. The molecular formula is C11H12N4O2S2. The molecule has 2 rings (SSSR count). The Bertz CT molecular complexity index is 700. The van der Waals surface area contributed by atoms with Crippen molar-refractivity contribution in [1.29, 1.82) is 0 Å². The second-order valence-electron chi connectivity index (χ2n) is 3.72. The van der Waals surface area contributed by atoms with E-state index in [-0.39, 0.29) is 16.2 Å². The number of thiazole rings is 1. The zero-order valence-corrected chi connectivity index (χ0v) is 11.8. The van der Waals surface area contributed by atoms with Crippen LogP contribution >= 0.6 is 23.6 Å². The van der Waals surface area contributed by atoms with Crippen molar-refractivity contribution in [2.75, 3.05) is 0 Å². The summed E-state index contributed by atoms with van der Waals surface area (Å²) in [6, 6.07) is 0. The van der Waals surface area contributed by atoms with Crippen LogP contribution in [0.5, 0.6) is 5.88 Å². The fourth-order valence-electron chi connectivity index (χ4n) is 1.52. The maximum absolute atomic E-state index is 11.8.